The van der Waals surface area contributed by atoms with Crippen molar-refractivity contribution in [2.24, 2.45) is 5.92 Å². The number of hydrogen-bond acceptors (Lipinski definition) is 5. The molecule has 1 amide bonds. The zero-order valence-electron chi connectivity index (χ0n) is 11.6. The molecule has 0 bridgehead atoms. The normalized spacial score (nSPS) is 24.1. The van der Waals surface area contributed by atoms with Gasteiger partial charge in [0.1, 0.15) is 0 Å². The molecule has 6 heteroatoms. The fourth-order valence-electron chi connectivity index (χ4n) is 2.75. The van der Waals surface area contributed by atoms with Crippen LogP contribution in [0.3, 0.4) is 0 Å². The highest BCUT2D eigenvalue weighted by atomic mass is 16.5. The van der Waals surface area contributed by atoms with Crippen LogP contribution in [0.15, 0.2) is 4.52 Å². The molecule has 1 saturated heterocycles. The van der Waals surface area contributed by atoms with Gasteiger partial charge >= 0.3 is 0 Å². The predicted octanol–water partition coefficient (Wildman–Crippen LogP) is 1.00. The van der Waals surface area contributed by atoms with Crippen molar-refractivity contribution in [3.05, 3.63) is 11.7 Å². The van der Waals surface area contributed by atoms with Gasteiger partial charge in [0.25, 0.3) is 0 Å². The summed E-state index contributed by atoms with van der Waals surface area (Å²) in [6, 6.07) is 0. The first-order valence-corrected chi connectivity index (χ1v) is 7.63. The van der Waals surface area contributed by atoms with Crippen molar-refractivity contribution in [2.75, 3.05) is 26.2 Å². The fourth-order valence-corrected chi connectivity index (χ4v) is 2.75. The minimum Gasteiger partial charge on any atom is -0.340 e. The standard InChI is InChI=1S/C14H20N4O2/c19-14(11-3-4-11)18-7-5-17(6-8-18)9-12-15-13(16-20-12)10-1-2-10/h10-11H,1-9H2. The Morgan fingerprint density at radius 3 is 2.55 bits per heavy atom. The van der Waals surface area contributed by atoms with E-state index in [0.29, 0.717) is 30.2 Å². The topological polar surface area (TPSA) is 62.5 Å². The molecule has 0 radical (unpaired) electrons. The summed E-state index contributed by atoms with van der Waals surface area (Å²) >= 11 is 0. The number of nitrogens with zero attached hydrogens (tertiary/aromatic N) is 4. The largest absolute Gasteiger partial charge is 0.340 e. The second-order valence-electron chi connectivity index (χ2n) is 6.20. The van der Waals surface area contributed by atoms with Gasteiger partial charge in [-0.15, -0.1) is 0 Å². The van der Waals surface area contributed by atoms with Crippen LogP contribution in [0.1, 0.15) is 43.3 Å². The Bertz CT molecular complexity index is 499. The Kier molecular flexibility index (Phi) is 2.98. The highest BCUT2D eigenvalue weighted by molar-refractivity contribution is 5.81. The summed E-state index contributed by atoms with van der Waals surface area (Å²) in [4.78, 5) is 20.7. The molecule has 108 valence electrons. The number of rotatable bonds is 4. The molecule has 2 aliphatic carbocycles. The lowest BCUT2D eigenvalue weighted by Crippen LogP contribution is -2.48. The van der Waals surface area contributed by atoms with Gasteiger partial charge in [-0.25, -0.2) is 0 Å². The van der Waals surface area contributed by atoms with Crippen LogP contribution in [0.25, 0.3) is 0 Å². The third-order valence-corrected chi connectivity index (χ3v) is 4.40. The summed E-state index contributed by atoms with van der Waals surface area (Å²) in [5.41, 5.74) is 0. The average molecular weight is 276 g/mol. The van der Waals surface area contributed by atoms with Crippen molar-refractivity contribution in [3.63, 3.8) is 0 Å². The number of hydrogen-bond donors (Lipinski definition) is 0. The molecule has 2 saturated carbocycles. The maximum atomic E-state index is 12.0. The zero-order chi connectivity index (χ0) is 13.5. The minimum atomic E-state index is 0.332. The summed E-state index contributed by atoms with van der Waals surface area (Å²) < 4.78 is 5.31. The lowest BCUT2D eigenvalue weighted by atomic mass is 10.2. The Balaban J connectivity index is 1.28. The number of amides is 1. The van der Waals surface area contributed by atoms with E-state index < -0.39 is 0 Å². The first kappa shape index (κ1) is 12.3. The molecule has 0 aromatic carbocycles. The second kappa shape index (κ2) is 4.84. The third-order valence-electron chi connectivity index (χ3n) is 4.40. The van der Waals surface area contributed by atoms with Gasteiger partial charge in [0.15, 0.2) is 5.82 Å². The molecule has 2 heterocycles. The van der Waals surface area contributed by atoms with E-state index in [4.69, 9.17) is 4.52 Å². The highest BCUT2D eigenvalue weighted by Crippen LogP contribution is 2.38. The summed E-state index contributed by atoms with van der Waals surface area (Å²) in [5, 5.41) is 4.04. The third kappa shape index (κ3) is 2.57. The number of aromatic nitrogens is 2. The first-order valence-electron chi connectivity index (χ1n) is 7.63. The Labute approximate surface area is 118 Å². The van der Waals surface area contributed by atoms with Gasteiger partial charge in [0.05, 0.1) is 6.54 Å². The Morgan fingerprint density at radius 1 is 1.15 bits per heavy atom. The molecule has 1 aliphatic heterocycles. The van der Waals surface area contributed by atoms with Gasteiger partial charge in [-0.2, -0.15) is 4.98 Å². The molecular formula is C14H20N4O2. The van der Waals surface area contributed by atoms with Crippen LogP contribution in [0.2, 0.25) is 0 Å². The predicted molar refractivity (Wildman–Crippen MR) is 70.9 cm³/mol. The van der Waals surface area contributed by atoms with Gasteiger partial charge in [0, 0.05) is 38.0 Å². The van der Waals surface area contributed by atoms with Crippen molar-refractivity contribution in [1.82, 2.24) is 19.9 Å². The van der Waals surface area contributed by atoms with Crippen LogP contribution >= 0.6 is 0 Å². The minimum absolute atomic E-state index is 0.332. The van der Waals surface area contributed by atoms with E-state index >= 15 is 0 Å². The summed E-state index contributed by atoms with van der Waals surface area (Å²) in [6.07, 6.45) is 4.57. The van der Waals surface area contributed by atoms with Crippen LogP contribution in [0, 0.1) is 5.92 Å². The van der Waals surface area contributed by atoms with Crippen molar-refractivity contribution in [2.45, 2.75) is 38.1 Å². The molecule has 0 N–H and O–H groups in total. The Hall–Kier alpha value is -1.43. The molecule has 3 fully saturated rings. The summed E-state index contributed by atoms with van der Waals surface area (Å²) in [7, 11) is 0. The van der Waals surface area contributed by atoms with Crippen LogP contribution < -0.4 is 0 Å². The Morgan fingerprint density at radius 2 is 1.90 bits per heavy atom. The van der Waals surface area contributed by atoms with Gasteiger partial charge in [-0.05, 0) is 25.7 Å². The maximum absolute atomic E-state index is 12.0. The van der Waals surface area contributed by atoms with Crippen LogP contribution in [0.5, 0.6) is 0 Å². The number of carbonyl (C=O) groups excluding carboxylic acids is 1. The molecule has 0 spiro atoms. The molecule has 6 nitrogen and oxygen atoms in total. The lowest BCUT2D eigenvalue weighted by Gasteiger charge is -2.34. The second-order valence-corrected chi connectivity index (χ2v) is 6.20. The number of piperazine rings is 1. The summed E-state index contributed by atoms with van der Waals surface area (Å²) in [5.74, 6) is 2.83. The summed E-state index contributed by atoms with van der Waals surface area (Å²) in [6.45, 7) is 4.18. The van der Waals surface area contributed by atoms with Crippen molar-refractivity contribution in [1.29, 1.82) is 0 Å². The molecule has 3 aliphatic rings. The van der Waals surface area contributed by atoms with E-state index in [1.54, 1.807) is 0 Å². The smallest absolute Gasteiger partial charge is 0.240 e. The van der Waals surface area contributed by atoms with Crippen molar-refractivity contribution >= 4 is 5.91 Å². The molecule has 0 unspecified atom stereocenters. The van der Waals surface area contributed by atoms with E-state index in [9.17, 15) is 4.79 Å². The zero-order valence-corrected chi connectivity index (χ0v) is 11.6. The molecule has 1 aromatic rings. The monoisotopic (exact) mass is 276 g/mol. The fraction of sp³-hybridized carbons (Fsp3) is 0.786. The molecule has 4 rings (SSSR count). The molecule has 1 aromatic heterocycles. The van der Waals surface area contributed by atoms with E-state index in [2.05, 4.69) is 15.0 Å². The molecular weight excluding hydrogens is 256 g/mol. The van der Waals surface area contributed by atoms with E-state index in [1.165, 1.54) is 12.8 Å². The molecule has 0 atom stereocenters. The molecule has 20 heavy (non-hydrogen) atoms. The van der Waals surface area contributed by atoms with Crippen LogP contribution in [-0.2, 0) is 11.3 Å². The van der Waals surface area contributed by atoms with Crippen molar-refractivity contribution in [3.8, 4) is 0 Å². The van der Waals surface area contributed by atoms with Gasteiger partial charge in [-0.3, -0.25) is 9.69 Å². The van der Waals surface area contributed by atoms with E-state index in [0.717, 1.165) is 44.8 Å². The SMILES string of the molecule is O=C(C1CC1)N1CCN(Cc2nc(C3CC3)no2)CC1. The van der Waals surface area contributed by atoms with Gasteiger partial charge in [0.2, 0.25) is 11.8 Å². The van der Waals surface area contributed by atoms with Crippen LogP contribution in [-0.4, -0.2) is 52.0 Å². The lowest BCUT2D eigenvalue weighted by molar-refractivity contribution is -0.134. The van der Waals surface area contributed by atoms with Gasteiger partial charge < -0.3 is 9.42 Å². The van der Waals surface area contributed by atoms with E-state index in [-0.39, 0.29) is 0 Å². The van der Waals surface area contributed by atoms with Gasteiger partial charge in [-0.1, -0.05) is 5.16 Å². The van der Waals surface area contributed by atoms with Crippen LogP contribution in [0.4, 0.5) is 0 Å². The number of carbonyl (C=O) groups is 1. The quantitative estimate of drug-likeness (QED) is 0.821. The first-order chi connectivity index (χ1) is 9.79. The maximum Gasteiger partial charge on any atom is 0.240 e. The van der Waals surface area contributed by atoms with E-state index in [1.807, 2.05) is 4.90 Å². The average Bonchev–Trinajstić information content (AvgIpc) is 3.38. The van der Waals surface area contributed by atoms with Crippen molar-refractivity contribution < 1.29 is 9.32 Å². The highest BCUT2D eigenvalue weighted by Gasteiger charge is 2.35.